The molecule has 0 saturated carbocycles. The molecule has 0 heterocycles. The standard InChI is InChI=1S/C41H46O6Si/c1-29(42)37-35(39(44-6)34-24-17-25-36(43-5)38(34)40(37)45-7)26-31(28-46-27-30-18-11-8-12-19-30)47-48(41(2,3)4,32-20-13-9-14-21-32)33-22-15-10-16-23-33/h8-25,31H,26-28H2,1-7H3/t31-/m1/s1. The van der Waals surface area contributed by atoms with Gasteiger partial charge in [-0.05, 0) is 34.0 Å². The van der Waals surface area contributed by atoms with E-state index in [0.717, 1.165) is 21.3 Å². The highest BCUT2D eigenvalue weighted by molar-refractivity contribution is 6.99. The van der Waals surface area contributed by atoms with Crippen LogP contribution in [0, 0.1) is 0 Å². The van der Waals surface area contributed by atoms with Crippen LogP contribution >= 0.6 is 0 Å². The smallest absolute Gasteiger partial charge is 0.261 e. The van der Waals surface area contributed by atoms with Crippen molar-refractivity contribution in [2.24, 2.45) is 0 Å². The number of hydrogen-bond acceptors (Lipinski definition) is 6. The van der Waals surface area contributed by atoms with Crippen molar-refractivity contribution < 1.29 is 28.2 Å². The minimum absolute atomic E-state index is 0.137. The van der Waals surface area contributed by atoms with Crippen LogP contribution in [0.3, 0.4) is 0 Å². The van der Waals surface area contributed by atoms with E-state index in [2.05, 4.69) is 81.4 Å². The minimum atomic E-state index is -3.01. The Morgan fingerprint density at radius 2 is 1.27 bits per heavy atom. The molecule has 6 nitrogen and oxygen atoms in total. The molecular formula is C41H46O6Si. The van der Waals surface area contributed by atoms with Crippen molar-refractivity contribution in [2.75, 3.05) is 27.9 Å². The van der Waals surface area contributed by atoms with Gasteiger partial charge in [0, 0.05) is 17.4 Å². The SMILES string of the molecule is COc1c(C[C@H](COCc2ccccc2)O[Si](c2ccccc2)(c2ccccc2)C(C)(C)C)c(C(C)=O)c(OC)c2c(OC)cccc12. The van der Waals surface area contributed by atoms with Crippen LogP contribution in [0.15, 0.2) is 109 Å². The first kappa shape index (κ1) is 34.9. The largest absolute Gasteiger partial charge is 0.496 e. The fraction of sp³-hybridized carbons (Fsp3) is 0.293. The van der Waals surface area contributed by atoms with Crippen molar-refractivity contribution in [2.45, 2.75) is 51.9 Å². The number of Topliss-reactive ketones (excluding diaryl/α,β-unsaturated/α-hetero) is 1. The molecule has 0 bridgehead atoms. The molecule has 7 heteroatoms. The summed E-state index contributed by atoms with van der Waals surface area (Å²) in [7, 11) is 1.82. The highest BCUT2D eigenvalue weighted by atomic mass is 28.4. The predicted octanol–water partition coefficient (Wildman–Crippen LogP) is 7.77. The lowest BCUT2D eigenvalue weighted by atomic mass is 9.91. The maximum Gasteiger partial charge on any atom is 0.261 e. The van der Waals surface area contributed by atoms with Gasteiger partial charge in [0.2, 0.25) is 0 Å². The molecule has 0 spiro atoms. The Hall–Kier alpha value is -4.43. The zero-order chi connectivity index (χ0) is 34.3. The molecule has 1 atom stereocenters. The fourth-order valence-electron chi connectivity index (χ4n) is 6.85. The van der Waals surface area contributed by atoms with Gasteiger partial charge in [-0.25, -0.2) is 0 Å². The number of ether oxygens (including phenoxy) is 4. The van der Waals surface area contributed by atoms with Crippen LogP contribution in [-0.4, -0.2) is 48.1 Å². The van der Waals surface area contributed by atoms with Crippen LogP contribution in [0.5, 0.6) is 17.2 Å². The van der Waals surface area contributed by atoms with Crippen LogP contribution in [0.25, 0.3) is 10.8 Å². The van der Waals surface area contributed by atoms with Crippen molar-refractivity contribution in [3.8, 4) is 17.2 Å². The van der Waals surface area contributed by atoms with E-state index in [1.807, 2.05) is 48.5 Å². The Morgan fingerprint density at radius 3 is 1.77 bits per heavy atom. The number of carbonyl (C=O) groups is 1. The number of fused-ring (bicyclic) bond motifs is 1. The third kappa shape index (κ3) is 6.90. The fourth-order valence-corrected chi connectivity index (χ4v) is 11.5. The summed E-state index contributed by atoms with van der Waals surface area (Å²) in [5.74, 6) is 1.51. The van der Waals surface area contributed by atoms with E-state index in [1.165, 1.54) is 0 Å². The van der Waals surface area contributed by atoms with Crippen molar-refractivity contribution in [1.29, 1.82) is 0 Å². The summed E-state index contributed by atoms with van der Waals surface area (Å²) in [6.07, 6.45) is -0.110. The zero-order valence-electron chi connectivity index (χ0n) is 29.0. The Balaban J connectivity index is 1.72. The van der Waals surface area contributed by atoms with Crippen LogP contribution in [0.4, 0.5) is 0 Å². The van der Waals surface area contributed by atoms with Gasteiger partial charge < -0.3 is 23.4 Å². The van der Waals surface area contributed by atoms with Gasteiger partial charge in [-0.2, -0.15) is 0 Å². The lowest BCUT2D eigenvalue weighted by molar-refractivity contribution is 0.0362. The highest BCUT2D eigenvalue weighted by Crippen LogP contribution is 2.46. The van der Waals surface area contributed by atoms with E-state index in [0.29, 0.717) is 53.4 Å². The molecule has 5 aromatic carbocycles. The summed E-state index contributed by atoms with van der Waals surface area (Å²) in [6, 6.07) is 37.0. The molecule has 0 unspecified atom stereocenters. The second kappa shape index (κ2) is 15.2. The topological polar surface area (TPSA) is 63.2 Å². The van der Waals surface area contributed by atoms with Gasteiger partial charge in [0.1, 0.15) is 17.2 Å². The second-order valence-corrected chi connectivity index (χ2v) is 17.2. The van der Waals surface area contributed by atoms with Gasteiger partial charge in [-0.3, -0.25) is 4.79 Å². The van der Waals surface area contributed by atoms with Crippen LogP contribution < -0.4 is 24.6 Å². The number of carbonyl (C=O) groups excluding carboxylic acids is 1. The predicted molar refractivity (Wildman–Crippen MR) is 196 cm³/mol. The van der Waals surface area contributed by atoms with Crippen LogP contribution in [0.1, 0.15) is 49.2 Å². The summed E-state index contributed by atoms with van der Waals surface area (Å²) in [4.78, 5) is 13.6. The van der Waals surface area contributed by atoms with Crippen LogP contribution in [-0.2, 0) is 22.2 Å². The Morgan fingerprint density at radius 1 is 0.708 bits per heavy atom. The Kier molecular flexibility index (Phi) is 11.0. The molecule has 0 fully saturated rings. The van der Waals surface area contributed by atoms with E-state index in [9.17, 15) is 4.79 Å². The minimum Gasteiger partial charge on any atom is -0.496 e. The lowest BCUT2D eigenvalue weighted by Gasteiger charge is -2.45. The molecule has 0 aliphatic rings. The summed E-state index contributed by atoms with van der Waals surface area (Å²) in [6.45, 7) is 9.05. The first-order valence-corrected chi connectivity index (χ1v) is 18.2. The number of benzene rings is 5. The Labute approximate surface area is 285 Å². The van der Waals surface area contributed by atoms with E-state index < -0.39 is 14.4 Å². The third-order valence-electron chi connectivity index (χ3n) is 8.89. The number of rotatable bonds is 14. The van der Waals surface area contributed by atoms with E-state index >= 15 is 0 Å². The molecule has 5 rings (SSSR count). The number of hydrogen-bond donors (Lipinski definition) is 0. The van der Waals surface area contributed by atoms with Crippen molar-refractivity contribution >= 4 is 35.2 Å². The summed E-state index contributed by atoms with van der Waals surface area (Å²) < 4.78 is 32.0. The maximum atomic E-state index is 13.6. The van der Waals surface area contributed by atoms with Gasteiger partial charge >= 0.3 is 0 Å². The summed E-state index contributed by atoms with van der Waals surface area (Å²) in [5, 5.41) is 3.55. The van der Waals surface area contributed by atoms with E-state index in [4.69, 9.17) is 23.4 Å². The first-order chi connectivity index (χ1) is 23.2. The monoisotopic (exact) mass is 662 g/mol. The second-order valence-electron chi connectivity index (χ2n) is 13.0. The van der Waals surface area contributed by atoms with Gasteiger partial charge in [0.15, 0.2) is 5.78 Å². The average Bonchev–Trinajstić information content (AvgIpc) is 3.10. The van der Waals surface area contributed by atoms with Crippen molar-refractivity contribution in [1.82, 2.24) is 0 Å². The lowest BCUT2D eigenvalue weighted by Crippen LogP contribution is -2.68. The third-order valence-corrected chi connectivity index (χ3v) is 14.0. The molecule has 0 aromatic heterocycles. The summed E-state index contributed by atoms with van der Waals surface area (Å²) in [5.41, 5.74) is 2.24. The van der Waals surface area contributed by atoms with Gasteiger partial charge in [0.25, 0.3) is 8.32 Å². The highest BCUT2D eigenvalue weighted by Gasteiger charge is 2.51. The normalized spacial score (nSPS) is 12.5. The van der Waals surface area contributed by atoms with E-state index in [1.54, 1.807) is 28.3 Å². The molecule has 0 saturated heterocycles. The molecular weight excluding hydrogens is 617 g/mol. The average molecular weight is 663 g/mol. The molecule has 250 valence electrons. The van der Waals surface area contributed by atoms with Crippen molar-refractivity contribution in [3.05, 3.63) is 126 Å². The molecule has 0 aliphatic heterocycles. The zero-order valence-corrected chi connectivity index (χ0v) is 30.0. The molecule has 0 radical (unpaired) electrons. The molecule has 48 heavy (non-hydrogen) atoms. The molecule has 0 N–H and O–H groups in total. The summed E-state index contributed by atoms with van der Waals surface area (Å²) >= 11 is 0. The van der Waals surface area contributed by atoms with Gasteiger partial charge in [-0.1, -0.05) is 124 Å². The van der Waals surface area contributed by atoms with Crippen LogP contribution in [0.2, 0.25) is 5.04 Å². The Bertz CT molecular complexity index is 1780. The molecule has 0 aliphatic carbocycles. The van der Waals surface area contributed by atoms with E-state index in [-0.39, 0.29) is 10.8 Å². The van der Waals surface area contributed by atoms with Crippen molar-refractivity contribution in [3.63, 3.8) is 0 Å². The molecule has 0 amide bonds. The maximum absolute atomic E-state index is 13.6. The molecule has 5 aromatic rings. The number of methoxy groups -OCH3 is 3. The number of ketones is 1. The van der Waals surface area contributed by atoms with Gasteiger partial charge in [-0.15, -0.1) is 0 Å². The quantitative estimate of drug-likeness (QED) is 0.0895. The first-order valence-electron chi connectivity index (χ1n) is 16.3. The van der Waals surface area contributed by atoms with Gasteiger partial charge in [0.05, 0.1) is 51.6 Å².